The maximum atomic E-state index is 10.3. The van der Waals surface area contributed by atoms with Gasteiger partial charge < -0.3 is 9.79 Å². The molecule has 0 spiro atoms. The van der Waals surface area contributed by atoms with E-state index in [9.17, 15) is 4.57 Å². The van der Waals surface area contributed by atoms with Crippen molar-refractivity contribution < 1.29 is 14.4 Å². The molecule has 0 aliphatic carbocycles. The van der Waals surface area contributed by atoms with Crippen LogP contribution in [0.25, 0.3) is 0 Å². The molecule has 3 radical (unpaired) electrons. The summed E-state index contributed by atoms with van der Waals surface area (Å²) in [7, 11) is -3.76. The van der Waals surface area contributed by atoms with Crippen LogP contribution >= 0.6 is 7.60 Å². The van der Waals surface area contributed by atoms with E-state index in [0.717, 1.165) is 0 Å². The molecule has 0 saturated heterocycles. The van der Waals surface area contributed by atoms with Gasteiger partial charge in [-0.05, 0) is 6.42 Å². The van der Waals surface area contributed by atoms with E-state index in [1.54, 1.807) is 13.8 Å². The molecule has 1 unspecified atom stereocenters. The molecule has 0 aliphatic rings. The van der Waals surface area contributed by atoms with Gasteiger partial charge in [0.1, 0.15) is 0 Å². The first-order chi connectivity index (χ1) is 3.48. The van der Waals surface area contributed by atoms with Gasteiger partial charge in [-0.15, -0.1) is 0 Å². The summed E-state index contributed by atoms with van der Waals surface area (Å²) in [6.07, 6.45) is 0.532. The first-order valence-electron chi connectivity index (χ1n) is 2.53. The standard InChI is InChI=1S/C4H11O3P.3Na/c1-3-4(2)8(5,6)7;;;/h4H,3H2,1-2H3,(H2,5,6,7);;;. The Hall–Kier alpha value is 3.15. The molecule has 1 atom stereocenters. The summed E-state index contributed by atoms with van der Waals surface area (Å²) in [6.45, 7) is 3.30. The van der Waals surface area contributed by atoms with E-state index >= 15 is 0 Å². The van der Waals surface area contributed by atoms with Gasteiger partial charge in [-0.3, -0.25) is 4.57 Å². The quantitative estimate of drug-likeness (QED) is 0.487. The van der Waals surface area contributed by atoms with Crippen LogP contribution in [0.3, 0.4) is 0 Å². The Morgan fingerprint density at radius 1 is 1.27 bits per heavy atom. The van der Waals surface area contributed by atoms with Gasteiger partial charge in [0.25, 0.3) is 0 Å². The molecule has 0 saturated carbocycles. The average Bonchev–Trinajstić information content (AvgIpc) is 1.62. The van der Waals surface area contributed by atoms with Gasteiger partial charge in [0.2, 0.25) is 0 Å². The zero-order valence-corrected chi connectivity index (χ0v) is 14.9. The van der Waals surface area contributed by atoms with Crippen LogP contribution in [0.5, 0.6) is 0 Å². The van der Waals surface area contributed by atoms with E-state index in [4.69, 9.17) is 9.79 Å². The Labute approximate surface area is 134 Å². The summed E-state index contributed by atoms with van der Waals surface area (Å²) in [5, 5.41) is 0. The molecule has 0 rings (SSSR count). The summed E-state index contributed by atoms with van der Waals surface area (Å²) >= 11 is 0. The Bertz CT molecular complexity index is 115. The zero-order valence-electron chi connectivity index (χ0n) is 8.03. The molecule has 0 aromatic carbocycles. The van der Waals surface area contributed by atoms with Gasteiger partial charge in [0.05, 0.1) is 5.66 Å². The van der Waals surface area contributed by atoms with Crippen LogP contribution in [0.2, 0.25) is 0 Å². The average molecular weight is 207 g/mol. The maximum Gasteiger partial charge on any atom is 0.328 e. The third kappa shape index (κ3) is 13.2. The zero-order chi connectivity index (χ0) is 6.78. The van der Waals surface area contributed by atoms with E-state index in [2.05, 4.69) is 0 Å². The van der Waals surface area contributed by atoms with Crippen molar-refractivity contribution in [2.75, 3.05) is 0 Å². The predicted molar refractivity (Wildman–Crippen MR) is 49.1 cm³/mol. The van der Waals surface area contributed by atoms with Crippen molar-refractivity contribution in [1.29, 1.82) is 0 Å². The van der Waals surface area contributed by atoms with Gasteiger partial charge in [0.15, 0.2) is 0 Å². The normalized spacial score (nSPS) is 11.6. The van der Waals surface area contributed by atoms with Crippen molar-refractivity contribution in [3.8, 4) is 0 Å². The fraction of sp³-hybridized carbons (Fsp3) is 1.00. The Morgan fingerprint density at radius 2 is 1.55 bits per heavy atom. The second-order valence-corrected chi connectivity index (χ2v) is 3.91. The van der Waals surface area contributed by atoms with E-state index in [-0.39, 0.29) is 88.7 Å². The van der Waals surface area contributed by atoms with E-state index in [1.807, 2.05) is 0 Å². The largest absolute Gasteiger partial charge is 0.328 e. The maximum absolute atomic E-state index is 10.3. The molecule has 2 N–H and O–H groups in total. The second kappa shape index (κ2) is 11.2. The summed E-state index contributed by atoms with van der Waals surface area (Å²) in [4.78, 5) is 16.8. The van der Waals surface area contributed by atoms with Crippen LogP contribution in [0.1, 0.15) is 20.3 Å². The molecule has 3 nitrogen and oxygen atoms in total. The first-order valence-corrected chi connectivity index (χ1v) is 4.22. The van der Waals surface area contributed by atoms with E-state index in [1.165, 1.54) is 0 Å². The topological polar surface area (TPSA) is 57.5 Å². The summed E-state index contributed by atoms with van der Waals surface area (Å²) in [6, 6.07) is 0. The minimum absolute atomic E-state index is 0. The van der Waals surface area contributed by atoms with Gasteiger partial charge in [-0.2, -0.15) is 0 Å². The monoisotopic (exact) mass is 207 g/mol. The molecule has 0 aromatic rings. The minimum Gasteiger partial charge on any atom is -0.324 e. The van der Waals surface area contributed by atoms with Crippen LogP contribution in [-0.2, 0) is 4.57 Å². The molecule has 0 aromatic heterocycles. The van der Waals surface area contributed by atoms with Crippen LogP contribution in [0.15, 0.2) is 0 Å². The molecular weight excluding hydrogens is 196 g/mol. The van der Waals surface area contributed by atoms with Gasteiger partial charge in [-0.1, -0.05) is 13.8 Å². The smallest absolute Gasteiger partial charge is 0.324 e. The molecular formula is C4H11Na3O3P. The van der Waals surface area contributed by atoms with E-state index < -0.39 is 13.3 Å². The summed E-state index contributed by atoms with van der Waals surface area (Å²) in [5.74, 6) is 0. The number of hydrogen-bond donors (Lipinski definition) is 2. The van der Waals surface area contributed by atoms with Crippen LogP contribution < -0.4 is 0 Å². The second-order valence-electron chi connectivity index (χ2n) is 1.85. The third-order valence-corrected chi connectivity index (χ3v) is 2.68. The van der Waals surface area contributed by atoms with Gasteiger partial charge in [-0.25, -0.2) is 0 Å². The molecule has 0 aliphatic heterocycles. The number of rotatable bonds is 2. The molecule has 11 heavy (non-hydrogen) atoms. The molecule has 0 heterocycles. The molecule has 0 fully saturated rings. The van der Waals surface area contributed by atoms with Gasteiger partial charge >= 0.3 is 7.60 Å². The van der Waals surface area contributed by atoms with Crippen molar-refractivity contribution in [3.63, 3.8) is 0 Å². The SMILES string of the molecule is CCC(C)P(=O)(O)O.[Na].[Na].[Na]. The van der Waals surface area contributed by atoms with Crippen molar-refractivity contribution >= 4 is 96.3 Å². The summed E-state index contributed by atoms with van der Waals surface area (Å²) in [5.41, 5.74) is -0.484. The molecule has 7 heteroatoms. The fourth-order valence-corrected chi connectivity index (χ4v) is 0.714. The van der Waals surface area contributed by atoms with Crippen molar-refractivity contribution in [3.05, 3.63) is 0 Å². The number of hydrogen-bond acceptors (Lipinski definition) is 1. The Morgan fingerprint density at radius 3 is 1.55 bits per heavy atom. The summed E-state index contributed by atoms with van der Waals surface area (Å²) < 4.78 is 10.3. The Balaban J connectivity index is -0.0000000817. The third-order valence-electron chi connectivity index (χ3n) is 1.17. The van der Waals surface area contributed by atoms with Crippen LogP contribution in [0.4, 0.5) is 0 Å². The van der Waals surface area contributed by atoms with Crippen LogP contribution in [-0.4, -0.2) is 104 Å². The predicted octanol–water partition coefficient (Wildman–Crippen LogP) is -0.180. The van der Waals surface area contributed by atoms with Gasteiger partial charge in [0, 0.05) is 88.7 Å². The van der Waals surface area contributed by atoms with Crippen molar-refractivity contribution in [2.24, 2.45) is 0 Å². The fourth-order valence-electron chi connectivity index (χ4n) is 0.238. The van der Waals surface area contributed by atoms with Crippen molar-refractivity contribution in [1.82, 2.24) is 0 Å². The van der Waals surface area contributed by atoms with Crippen LogP contribution in [0, 0.1) is 0 Å². The van der Waals surface area contributed by atoms with Crippen molar-refractivity contribution in [2.45, 2.75) is 25.9 Å². The first kappa shape index (κ1) is 23.8. The molecule has 0 amide bonds. The Kier molecular flexibility index (Phi) is 24.2. The van der Waals surface area contributed by atoms with E-state index in [0.29, 0.717) is 6.42 Å². The molecule has 0 bridgehead atoms. The molecule has 53 valence electrons. The minimum atomic E-state index is -3.76.